The fraction of sp³-hybridized carbons (Fsp3) is 0.560. The van der Waals surface area contributed by atoms with Crippen LogP contribution >= 0.6 is 0 Å². The Morgan fingerprint density at radius 3 is 2.72 bits per heavy atom. The Balaban J connectivity index is 1.64. The zero-order valence-electron chi connectivity index (χ0n) is 17.8. The van der Waals surface area contributed by atoms with Gasteiger partial charge in [-0.1, -0.05) is 70.2 Å². The van der Waals surface area contributed by atoms with E-state index in [-0.39, 0.29) is 11.8 Å². The molecule has 0 spiro atoms. The molecule has 2 aliphatic rings. The van der Waals surface area contributed by atoms with E-state index in [1.165, 1.54) is 43.2 Å². The predicted molar refractivity (Wildman–Crippen MR) is 118 cm³/mol. The summed E-state index contributed by atoms with van der Waals surface area (Å²) < 4.78 is 0. The third-order valence-corrected chi connectivity index (χ3v) is 6.76. The Kier molecular flexibility index (Phi) is 6.27. The smallest absolute Gasteiger partial charge is 0.228 e. The third-order valence-electron chi connectivity index (χ3n) is 6.76. The molecule has 0 radical (unpaired) electrons. The highest BCUT2D eigenvalue weighted by Crippen LogP contribution is 2.34. The van der Waals surface area contributed by atoms with Crippen LogP contribution in [0.25, 0.3) is 11.3 Å². The molecule has 154 valence electrons. The Bertz CT molecular complexity index is 870. The predicted octanol–water partition coefficient (Wildman–Crippen LogP) is 5.74. The maximum absolute atomic E-state index is 12.6. The summed E-state index contributed by atoms with van der Waals surface area (Å²) in [6.45, 7) is 4.02. The van der Waals surface area contributed by atoms with Crippen LogP contribution in [0.5, 0.6) is 0 Å². The average Bonchev–Trinajstić information content (AvgIpc) is 2.77. The molecule has 0 aliphatic heterocycles. The van der Waals surface area contributed by atoms with E-state index in [0.29, 0.717) is 5.82 Å². The number of anilines is 1. The lowest BCUT2D eigenvalue weighted by Crippen LogP contribution is -2.23. The number of hydrogen-bond acceptors (Lipinski definition) is 3. The number of benzene rings is 1. The van der Waals surface area contributed by atoms with Gasteiger partial charge in [-0.3, -0.25) is 4.79 Å². The van der Waals surface area contributed by atoms with Crippen LogP contribution in [0, 0.1) is 11.8 Å². The molecule has 1 N–H and O–H groups in total. The molecule has 4 nitrogen and oxygen atoms in total. The van der Waals surface area contributed by atoms with Crippen molar-refractivity contribution in [3.8, 4) is 11.3 Å². The zero-order valence-corrected chi connectivity index (χ0v) is 17.8. The van der Waals surface area contributed by atoms with Crippen LogP contribution in [0.4, 0.5) is 5.82 Å². The Hall–Kier alpha value is -2.23. The molecule has 2 aliphatic carbocycles. The van der Waals surface area contributed by atoms with Gasteiger partial charge in [0.05, 0.1) is 17.1 Å². The second-order valence-electron chi connectivity index (χ2n) is 8.81. The van der Waals surface area contributed by atoms with E-state index in [4.69, 9.17) is 9.97 Å². The number of fused-ring (bicyclic) bond motifs is 3. The fourth-order valence-electron chi connectivity index (χ4n) is 4.63. The summed E-state index contributed by atoms with van der Waals surface area (Å²) in [5.41, 5.74) is 5.56. The molecule has 1 aromatic carbocycles. The average molecular weight is 392 g/mol. The van der Waals surface area contributed by atoms with Crippen molar-refractivity contribution in [3.63, 3.8) is 0 Å². The zero-order chi connectivity index (χ0) is 20.2. The summed E-state index contributed by atoms with van der Waals surface area (Å²) in [5.74, 6) is 1.52. The second kappa shape index (κ2) is 9.06. The molecule has 1 atom stereocenters. The summed E-state index contributed by atoms with van der Waals surface area (Å²) in [6, 6.07) is 8.53. The number of rotatable bonds is 6. The van der Waals surface area contributed by atoms with Gasteiger partial charge >= 0.3 is 0 Å². The van der Waals surface area contributed by atoms with Crippen LogP contribution in [-0.4, -0.2) is 15.9 Å². The van der Waals surface area contributed by atoms with Gasteiger partial charge in [0.25, 0.3) is 0 Å². The standard InChI is InChI=1S/C25H33N3O/c1-3-17(2)25(29)28-24-22(15-13-18-9-5-4-6-10-18)26-23-20-12-8-7-11-19(20)14-16-21(23)27-24/h7-8,11-12,17-18H,3-6,9-10,13-16H2,1-2H3,(H,27,28,29). The van der Waals surface area contributed by atoms with Crippen LogP contribution in [0.1, 0.15) is 75.7 Å². The van der Waals surface area contributed by atoms with Gasteiger partial charge in [-0.25, -0.2) is 9.97 Å². The van der Waals surface area contributed by atoms with E-state index < -0.39 is 0 Å². The van der Waals surface area contributed by atoms with Crippen LogP contribution in [0.2, 0.25) is 0 Å². The normalized spacial score (nSPS) is 17.3. The second-order valence-corrected chi connectivity index (χ2v) is 8.81. The van der Waals surface area contributed by atoms with Crippen molar-refractivity contribution in [1.82, 2.24) is 9.97 Å². The third kappa shape index (κ3) is 4.52. The minimum Gasteiger partial charge on any atom is -0.309 e. The van der Waals surface area contributed by atoms with E-state index in [1.807, 2.05) is 13.8 Å². The summed E-state index contributed by atoms with van der Waals surface area (Å²) in [6.07, 6.45) is 11.5. The van der Waals surface area contributed by atoms with Crippen molar-refractivity contribution in [3.05, 3.63) is 41.2 Å². The highest BCUT2D eigenvalue weighted by Gasteiger charge is 2.23. The number of carbonyl (C=O) groups is 1. The number of nitrogens with one attached hydrogen (secondary N) is 1. The van der Waals surface area contributed by atoms with E-state index in [1.54, 1.807) is 0 Å². The SMILES string of the molecule is CCC(C)C(=O)Nc1nc2c(nc1CCC1CCCCC1)-c1ccccc1CC2. The molecule has 4 rings (SSSR count). The van der Waals surface area contributed by atoms with E-state index in [9.17, 15) is 4.79 Å². The molecule has 4 heteroatoms. The van der Waals surface area contributed by atoms with Crippen LogP contribution in [0.15, 0.2) is 24.3 Å². The van der Waals surface area contributed by atoms with Gasteiger partial charge in [0.2, 0.25) is 5.91 Å². The first-order valence-electron chi connectivity index (χ1n) is 11.4. The molecule has 0 bridgehead atoms. The summed E-state index contributed by atoms with van der Waals surface area (Å²) >= 11 is 0. The van der Waals surface area contributed by atoms with Crippen molar-refractivity contribution >= 4 is 11.7 Å². The lowest BCUT2D eigenvalue weighted by molar-refractivity contribution is -0.119. The lowest BCUT2D eigenvalue weighted by atomic mass is 9.85. The minimum absolute atomic E-state index is 0.0141. The maximum atomic E-state index is 12.6. The van der Waals surface area contributed by atoms with E-state index in [2.05, 4.69) is 29.6 Å². The molecular weight excluding hydrogens is 358 g/mol. The number of hydrogen-bond donors (Lipinski definition) is 1. The van der Waals surface area contributed by atoms with Gasteiger partial charge < -0.3 is 5.32 Å². The molecule has 0 saturated heterocycles. The van der Waals surface area contributed by atoms with Gasteiger partial charge in [0, 0.05) is 11.5 Å². The van der Waals surface area contributed by atoms with Crippen molar-refractivity contribution in [1.29, 1.82) is 0 Å². The quantitative estimate of drug-likeness (QED) is 0.683. The van der Waals surface area contributed by atoms with Crippen LogP contribution in [-0.2, 0) is 24.1 Å². The van der Waals surface area contributed by atoms with Crippen molar-refractivity contribution in [2.24, 2.45) is 11.8 Å². The summed E-state index contributed by atoms with van der Waals surface area (Å²) in [4.78, 5) is 22.6. The van der Waals surface area contributed by atoms with Gasteiger partial charge in [-0.2, -0.15) is 0 Å². The Labute approximate surface area is 174 Å². The van der Waals surface area contributed by atoms with Crippen molar-refractivity contribution < 1.29 is 4.79 Å². The highest BCUT2D eigenvalue weighted by atomic mass is 16.1. The number of aromatic nitrogens is 2. The minimum atomic E-state index is -0.0141. The molecule has 2 aromatic rings. The Morgan fingerprint density at radius 2 is 1.93 bits per heavy atom. The molecule has 1 aromatic heterocycles. The number of nitrogens with zero attached hydrogens (tertiary/aromatic N) is 2. The lowest BCUT2D eigenvalue weighted by Gasteiger charge is -2.23. The molecule has 29 heavy (non-hydrogen) atoms. The summed E-state index contributed by atoms with van der Waals surface area (Å²) in [7, 11) is 0. The van der Waals surface area contributed by atoms with Crippen molar-refractivity contribution in [2.45, 2.75) is 78.1 Å². The monoisotopic (exact) mass is 391 g/mol. The van der Waals surface area contributed by atoms with E-state index >= 15 is 0 Å². The molecule has 1 fully saturated rings. The number of aryl methyl sites for hydroxylation is 3. The molecule has 1 unspecified atom stereocenters. The highest BCUT2D eigenvalue weighted by molar-refractivity contribution is 5.92. The first kappa shape index (κ1) is 20.1. The van der Waals surface area contributed by atoms with Gasteiger partial charge in [-0.05, 0) is 43.6 Å². The van der Waals surface area contributed by atoms with Gasteiger partial charge in [0.1, 0.15) is 0 Å². The summed E-state index contributed by atoms with van der Waals surface area (Å²) in [5, 5.41) is 3.11. The Morgan fingerprint density at radius 1 is 1.14 bits per heavy atom. The van der Waals surface area contributed by atoms with Crippen LogP contribution < -0.4 is 5.32 Å². The number of amides is 1. The molecule has 1 heterocycles. The number of carbonyl (C=O) groups excluding carboxylic acids is 1. The fourth-order valence-corrected chi connectivity index (χ4v) is 4.63. The molecule has 1 saturated carbocycles. The largest absolute Gasteiger partial charge is 0.309 e. The van der Waals surface area contributed by atoms with Crippen molar-refractivity contribution in [2.75, 3.05) is 5.32 Å². The van der Waals surface area contributed by atoms with Crippen LogP contribution in [0.3, 0.4) is 0 Å². The van der Waals surface area contributed by atoms with Gasteiger partial charge in [0.15, 0.2) is 5.82 Å². The first-order chi connectivity index (χ1) is 14.2. The van der Waals surface area contributed by atoms with Gasteiger partial charge in [-0.15, -0.1) is 0 Å². The molecular formula is C25H33N3O. The first-order valence-corrected chi connectivity index (χ1v) is 11.4. The van der Waals surface area contributed by atoms with E-state index in [0.717, 1.165) is 55.1 Å². The maximum Gasteiger partial charge on any atom is 0.228 e. The topological polar surface area (TPSA) is 54.9 Å². The molecule has 1 amide bonds.